The van der Waals surface area contributed by atoms with Crippen molar-refractivity contribution in [3.63, 3.8) is 0 Å². The summed E-state index contributed by atoms with van der Waals surface area (Å²) in [4.78, 5) is 16.2. The van der Waals surface area contributed by atoms with Gasteiger partial charge in [-0.05, 0) is 35.9 Å². The summed E-state index contributed by atoms with van der Waals surface area (Å²) >= 11 is 0. The van der Waals surface area contributed by atoms with E-state index in [1.165, 1.54) is 18.3 Å². The summed E-state index contributed by atoms with van der Waals surface area (Å²) < 4.78 is 42.8. The van der Waals surface area contributed by atoms with Crippen LogP contribution in [0.4, 0.5) is 18.9 Å². The first-order valence-corrected chi connectivity index (χ1v) is 9.21. The third-order valence-electron chi connectivity index (χ3n) is 4.35. The van der Waals surface area contributed by atoms with Gasteiger partial charge in [0.15, 0.2) is 6.61 Å². The number of halogens is 3. The first kappa shape index (κ1) is 20.3. The van der Waals surface area contributed by atoms with E-state index >= 15 is 0 Å². The van der Waals surface area contributed by atoms with Crippen molar-refractivity contribution in [2.75, 3.05) is 11.9 Å². The number of pyridine rings is 1. The summed E-state index contributed by atoms with van der Waals surface area (Å²) in [6, 6.07) is 17.3. The fourth-order valence-corrected chi connectivity index (χ4v) is 2.87. The number of para-hydroxylation sites is 1. The van der Waals surface area contributed by atoms with Gasteiger partial charge < -0.3 is 10.1 Å². The van der Waals surface area contributed by atoms with E-state index < -0.39 is 12.8 Å². The number of ether oxygens (including phenoxy) is 1. The lowest BCUT2D eigenvalue weighted by Crippen LogP contribution is -2.19. The molecule has 0 aliphatic rings. The number of alkyl halides is 3. The van der Waals surface area contributed by atoms with E-state index in [2.05, 4.69) is 25.3 Å². The summed E-state index contributed by atoms with van der Waals surface area (Å²) in [5, 5.41) is 10.9. The van der Waals surface area contributed by atoms with Crippen LogP contribution in [0.3, 0.4) is 0 Å². The number of nitrogens with one attached hydrogen (secondary N) is 1. The van der Waals surface area contributed by atoms with Gasteiger partial charge in [-0.1, -0.05) is 29.5 Å². The molecule has 0 saturated heterocycles. The number of hydrogen-bond acceptors (Lipinski definition) is 5. The van der Waals surface area contributed by atoms with E-state index in [0.717, 1.165) is 16.6 Å². The second kappa shape index (κ2) is 8.42. The Morgan fingerprint density at radius 2 is 1.81 bits per heavy atom. The van der Waals surface area contributed by atoms with Crippen LogP contribution < -0.4 is 10.1 Å². The highest BCUT2D eigenvalue weighted by molar-refractivity contribution is 6.04. The van der Waals surface area contributed by atoms with Gasteiger partial charge in [-0.25, -0.2) is 9.67 Å². The predicted octanol–water partition coefficient (Wildman–Crippen LogP) is 4.07. The highest BCUT2D eigenvalue weighted by Crippen LogP contribution is 2.19. The van der Waals surface area contributed by atoms with E-state index in [-0.39, 0.29) is 11.8 Å². The Kier molecular flexibility index (Phi) is 5.52. The van der Waals surface area contributed by atoms with E-state index in [1.807, 2.05) is 36.4 Å². The van der Waals surface area contributed by atoms with Crippen LogP contribution in [0.15, 0.2) is 66.9 Å². The number of carbonyl (C=O) groups excluding carboxylic acids is 1. The molecule has 0 spiro atoms. The van der Waals surface area contributed by atoms with Gasteiger partial charge in [0.1, 0.15) is 5.52 Å². The Bertz CT molecular complexity index is 1190. The Balaban J connectivity index is 1.37. The second-order valence-electron chi connectivity index (χ2n) is 6.68. The van der Waals surface area contributed by atoms with Crippen molar-refractivity contribution >= 4 is 22.6 Å². The maximum Gasteiger partial charge on any atom is 0.422 e. The largest absolute Gasteiger partial charge is 0.468 e. The number of carbonyl (C=O) groups is 1. The van der Waals surface area contributed by atoms with Crippen molar-refractivity contribution in [3.05, 3.63) is 78.0 Å². The quantitative estimate of drug-likeness (QED) is 0.502. The zero-order valence-electron chi connectivity index (χ0n) is 16.0. The first-order valence-electron chi connectivity index (χ1n) is 9.21. The van der Waals surface area contributed by atoms with E-state index in [1.54, 1.807) is 16.8 Å². The highest BCUT2D eigenvalue weighted by atomic mass is 19.4. The standard InChI is InChI=1S/C21H16F3N5O2/c22-21(23,24)13-31-19-10-9-16(11-25-19)26-20(30)15-7-5-14(6-8-15)12-29-18-4-2-1-3-17(18)27-28-29/h1-11H,12-13H2,(H,26,30). The number of hydrogen-bond donors (Lipinski definition) is 1. The molecule has 0 bridgehead atoms. The summed E-state index contributed by atoms with van der Waals surface area (Å²) in [5.74, 6) is -0.552. The SMILES string of the molecule is O=C(Nc1ccc(OCC(F)(F)F)nc1)c1ccc(Cn2nnc3ccccc32)cc1. The van der Waals surface area contributed by atoms with Gasteiger partial charge >= 0.3 is 6.18 Å². The molecule has 0 aliphatic carbocycles. The molecule has 1 N–H and O–H groups in total. The zero-order valence-corrected chi connectivity index (χ0v) is 16.0. The lowest BCUT2D eigenvalue weighted by molar-refractivity contribution is -0.154. The minimum absolute atomic E-state index is 0.180. The predicted molar refractivity (Wildman–Crippen MR) is 107 cm³/mol. The molecule has 4 aromatic rings. The average molecular weight is 427 g/mol. The molecule has 158 valence electrons. The number of benzene rings is 2. The van der Waals surface area contributed by atoms with Crippen molar-refractivity contribution in [1.82, 2.24) is 20.0 Å². The minimum Gasteiger partial charge on any atom is -0.468 e. The smallest absolute Gasteiger partial charge is 0.422 e. The highest BCUT2D eigenvalue weighted by Gasteiger charge is 2.28. The molecule has 2 aromatic carbocycles. The van der Waals surface area contributed by atoms with E-state index in [9.17, 15) is 18.0 Å². The van der Waals surface area contributed by atoms with Crippen LogP contribution in [0.25, 0.3) is 11.0 Å². The molecular formula is C21H16F3N5O2. The summed E-state index contributed by atoms with van der Waals surface area (Å²) in [5.41, 5.74) is 3.42. The van der Waals surface area contributed by atoms with Crippen LogP contribution in [-0.2, 0) is 6.54 Å². The molecule has 2 heterocycles. The molecule has 31 heavy (non-hydrogen) atoms. The molecule has 10 heteroatoms. The maximum absolute atomic E-state index is 12.4. The number of amides is 1. The summed E-state index contributed by atoms with van der Waals surface area (Å²) in [6.45, 7) is -0.922. The van der Waals surface area contributed by atoms with Crippen molar-refractivity contribution in [3.8, 4) is 5.88 Å². The molecule has 0 atom stereocenters. The van der Waals surface area contributed by atoms with Crippen LogP contribution in [0.5, 0.6) is 5.88 Å². The molecule has 0 fully saturated rings. The zero-order chi connectivity index (χ0) is 21.8. The molecule has 4 rings (SSSR count). The molecule has 1 amide bonds. The number of aromatic nitrogens is 4. The van der Waals surface area contributed by atoms with Gasteiger partial charge in [0.05, 0.1) is 23.9 Å². The lowest BCUT2D eigenvalue weighted by atomic mass is 10.1. The Labute approximate surface area is 174 Å². The lowest BCUT2D eigenvalue weighted by Gasteiger charge is -2.09. The number of fused-ring (bicyclic) bond motifs is 1. The topological polar surface area (TPSA) is 81.9 Å². The molecular weight excluding hydrogens is 411 g/mol. The van der Waals surface area contributed by atoms with Crippen molar-refractivity contribution in [2.45, 2.75) is 12.7 Å². The molecule has 0 unspecified atom stereocenters. The summed E-state index contributed by atoms with van der Waals surface area (Å²) in [6.07, 6.45) is -3.21. The third-order valence-corrected chi connectivity index (χ3v) is 4.35. The molecule has 0 radical (unpaired) electrons. The van der Waals surface area contributed by atoms with Gasteiger partial charge in [0.25, 0.3) is 5.91 Å². The molecule has 2 aromatic heterocycles. The van der Waals surface area contributed by atoms with Gasteiger partial charge in [-0.3, -0.25) is 4.79 Å². The van der Waals surface area contributed by atoms with Crippen LogP contribution in [0.1, 0.15) is 15.9 Å². The van der Waals surface area contributed by atoms with E-state index in [4.69, 9.17) is 0 Å². The van der Waals surface area contributed by atoms with Gasteiger partial charge in [-0.2, -0.15) is 13.2 Å². The van der Waals surface area contributed by atoms with Crippen molar-refractivity contribution in [2.24, 2.45) is 0 Å². The summed E-state index contributed by atoms with van der Waals surface area (Å²) in [7, 11) is 0. The minimum atomic E-state index is -4.44. The fraction of sp³-hybridized carbons (Fsp3) is 0.143. The molecule has 0 saturated carbocycles. The van der Waals surface area contributed by atoms with Gasteiger partial charge in [0, 0.05) is 11.6 Å². The monoisotopic (exact) mass is 427 g/mol. The fourth-order valence-electron chi connectivity index (χ4n) is 2.87. The van der Waals surface area contributed by atoms with Crippen LogP contribution in [-0.4, -0.2) is 38.7 Å². The van der Waals surface area contributed by atoms with Gasteiger partial charge in [-0.15, -0.1) is 5.10 Å². The third kappa shape index (κ3) is 5.16. The van der Waals surface area contributed by atoms with Crippen LogP contribution in [0, 0.1) is 0 Å². The Morgan fingerprint density at radius 1 is 1.03 bits per heavy atom. The average Bonchev–Trinajstić information content (AvgIpc) is 3.16. The van der Waals surface area contributed by atoms with Crippen LogP contribution >= 0.6 is 0 Å². The normalized spacial score (nSPS) is 11.5. The van der Waals surface area contributed by atoms with E-state index in [0.29, 0.717) is 17.8 Å². The maximum atomic E-state index is 12.4. The Hall–Kier alpha value is -3.95. The van der Waals surface area contributed by atoms with Crippen molar-refractivity contribution < 1.29 is 22.7 Å². The number of nitrogens with zero attached hydrogens (tertiary/aromatic N) is 4. The number of anilines is 1. The van der Waals surface area contributed by atoms with Crippen LogP contribution in [0.2, 0.25) is 0 Å². The first-order chi connectivity index (χ1) is 14.9. The molecule has 7 nitrogen and oxygen atoms in total. The molecule has 0 aliphatic heterocycles. The Morgan fingerprint density at radius 3 is 2.52 bits per heavy atom. The van der Waals surface area contributed by atoms with Gasteiger partial charge in [0.2, 0.25) is 5.88 Å². The van der Waals surface area contributed by atoms with Crippen molar-refractivity contribution in [1.29, 1.82) is 0 Å². The number of rotatable bonds is 6. The second-order valence-corrected chi connectivity index (χ2v) is 6.68.